The van der Waals surface area contributed by atoms with E-state index in [0.29, 0.717) is 29.8 Å². The molecule has 1 aromatic heterocycles. The number of ether oxygens (including phenoxy) is 3. The summed E-state index contributed by atoms with van der Waals surface area (Å²) in [7, 11) is 0. The van der Waals surface area contributed by atoms with Crippen LogP contribution in [0.1, 0.15) is 37.8 Å². The highest BCUT2D eigenvalue weighted by Crippen LogP contribution is 2.35. The first kappa shape index (κ1) is 20.9. The minimum absolute atomic E-state index is 0.0506. The number of carbonyl (C=O) groups is 1. The number of aromatic nitrogens is 2. The van der Waals surface area contributed by atoms with Gasteiger partial charge in [-0.05, 0) is 29.7 Å². The van der Waals surface area contributed by atoms with Gasteiger partial charge in [-0.25, -0.2) is 0 Å². The number of benzene rings is 2. The zero-order valence-corrected chi connectivity index (χ0v) is 17.5. The molecule has 2 atom stereocenters. The summed E-state index contributed by atoms with van der Waals surface area (Å²) in [5.41, 5.74) is 1.76. The Morgan fingerprint density at radius 2 is 1.97 bits per heavy atom. The summed E-state index contributed by atoms with van der Waals surface area (Å²) >= 11 is 0. The Morgan fingerprint density at radius 1 is 1.16 bits per heavy atom. The molecule has 0 fully saturated rings. The van der Waals surface area contributed by atoms with Gasteiger partial charge in [0.15, 0.2) is 11.5 Å². The van der Waals surface area contributed by atoms with E-state index in [4.69, 9.17) is 18.7 Å². The van der Waals surface area contributed by atoms with Gasteiger partial charge in [0.2, 0.25) is 24.4 Å². The van der Waals surface area contributed by atoms with Crippen LogP contribution < -0.4 is 14.8 Å². The maximum Gasteiger partial charge on any atom is 0.249 e. The molecule has 0 spiro atoms. The number of fused-ring (bicyclic) bond motifs is 1. The van der Waals surface area contributed by atoms with Gasteiger partial charge in [-0.2, -0.15) is 4.98 Å². The topological polar surface area (TPSA) is 95.7 Å². The van der Waals surface area contributed by atoms with Crippen molar-refractivity contribution in [1.29, 1.82) is 0 Å². The van der Waals surface area contributed by atoms with E-state index in [9.17, 15) is 4.79 Å². The van der Waals surface area contributed by atoms with Crippen molar-refractivity contribution in [3.05, 3.63) is 60.0 Å². The molecule has 0 unspecified atom stereocenters. The average molecular weight is 423 g/mol. The number of hydrogen-bond donors (Lipinski definition) is 1. The molecule has 162 valence electrons. The van der Waals surface area contributed by atoms with E-state index in [1.165, 1.54) is 0 Å². The van der Waals surface area contributed by atoms with Crippen LogP contribution >= 0.6 is 0 Å². The quantitative estimate of drug-likeness (QED) is 0.558. The fourth-order valence-electron chi connectivity index (χ4n) is 3.25. The molecule has 1 aliphatic heterocycles. The van der Waals surface area contributed by atoms with Crippen LogP contribution in [0.4, 0.5) is 0 Å². The van der Waals surface area contributed by atoms with Gasteiger partial charge in [-0.3, -0.25) is 4.79 Å². The highest BCUT2D eigenvalue weighted by atomic mass is 16.7. The summed E-state index contributed by atoms with van der Waals surface area (Å²) in [5, 5.41) is 7.07. The Labute approximate surface area is 180 Å². The van der Waals surface area contributed by atoms with E-state index >= 15 is 0 Å². The molecule has 1 amide bonds. The smallest absolute Gasteiger partial charge is 0.249 e. The second kappa shape index (κ2) is 9.61. The summed E-state index contributed by atoms with van der Waals surface area (Å²) in [6, 6.07) is 14.8. The molecular formula is C23H25N3O5. The summed E-state index contributed by atoms with van der Waals surface area (Å²) in [6.07, 6.45) is 0.831. The second-order valence-corrected chi connectivity index (χ2v) is 7.43. The Morgan fingerprint density at radius 3 is 2.77 bits per heavy atom. The standard InChI is InChI=1S/C23H25N3O5/c1-3-15(2)21(24-20(27)13-28-12-16-7-5-4-6-8-16)23-25-22(26-31-23)17-9-10-18-19(11-17)30-14-29-18/h4-11,15,21H,3,12-14H2,1-2H3,(H,24,27)/t15-,21-/m0/s1. The Balaban J connectivity index is 1.41. The predicted molar refractivity (Wildman–Crippen MR) is 112 cm³/mol. The molecule has 31 heavy (non-hydrogen) atoms. The maximum atomic E-state index is 12.5. The first-order valence-corrected chi connectivity index (χ1v) is 10.3. The lowest BCUT2D eigenvalue weighted by Crippen LogP contribution is -2.35. The normalized spacial score (nSPS) is 14.3. The third-order valence-electron chi connectivity index (χ3n) is 5.21. The minimum Gasteiger partial charge on any atom is -0.454 e. The van der Waals surface area contributed by atoms with Crippen molar-refractivity contribution in [1.82, 2.24) is 15.5 Å². The van der Waals surface area contributed by atoms with Crippen molar-refractivity contribution >= 4 is 5.91 Å². The number of nitrogens with zero attached hydrogens (tertiary/aromatic N) is 2. The maximum absolute atomic E-state index is 12.5. The number of hydrogen-bond acceptors (Lipinski definition) is 7. The molecule has 8 nitrogen and oxygen atoms in total. The highest BCUT2D eigenvalue weighted by Gasteiger charge is 2.27. The zero-order chi connectivity index (χ0) is 21.6. The molecule has 0 saturated carbocycles. The number of rotatable bonds is 9. The Bertz CT molecular complexity index is 1020. The third kappa shape index (κ3) is 5.03. The monoisotopic (exact) mass is 423 g/mol. The van der Waals surface area contributed by atoms with Gasteiger partial charge in [0, 0.05) is 5.56 Å². The van der Waals surface area contributed by atoms with Crippen molar-refractivity contribution in [2.75, 3.05) is 13.4 Å². The van der Waals surface area contributed by atoms with Gasteiger partial charge in [-0.1, -0.05) is 55.8 Å². The highest BCUT2D eigenvalue weighted by molar-refractivity contribution is 5.77. The molecule has 2 heterocycles. The summed E-state index contributed by atoms with van der Waals surface area (Å²) in [6.45, 7) is 4.60. The van der Waals surface area contributed by atoms with Crippen LogP contribution in [-0.2, 0) is 16.1 Å². The average Bonchev–Trinajstić information content (AvgIpc) is 3.47. The van der Waals surface area contributed by atoms with Crippen LogP contribution in [0.5, 0.6) is 11.5 Å². The Kier molecular flexibility index (Phi) is 6.47. The van der Waals surface area contributed by atoms with Crippen LogP contribution in [0.25, 0.3) is 11.4 Å². The lowest BCUT2D eigenvalue weighted by molar-refractivity contribution is -0.127. The fraction of sp³-hybridized carbons (Fsp3) is 0.348. The zero-order valence-electron chi connectivity index (χ0n) is 17.5. The molecule has 1 N–H and O–H groups in total. The molecule has 4 rings (SSSR count). The van der Waals surface area contributed by atoms with Crippen LogP contribution in [0, 0.1) is 5.92 Å². The van der Waals surface area contributed by atoms with Crippen molar-refractivity contribution in [3.8, 4) is 22.9 Å². The van der Waals surface area contributed by atoms with Crippen molar-refractivity contribution in [3.63, 3.8) is 0 Å². The van der Waals surface area contributed by atoms with Gasteiger partial charge >= 0.3 is 0 Å². The van der Waals surface area contributed by atoms with E-state index in [1.54, 1.807) is 0 Å². The number of amides is 1. The minimum atomic E-state index is -0.409. The Hall–Kier alpha value is -3.39. The SMILES string of the molecule is CC[C@H](C)[C@H](NC(=O)COCc1ccccc1)c1nc(-c2ccc3c(c2)OCO3)no1. The first-order valence-electron chi connectivity index (χ1n) is 10.3. The van der Waals surface area contributed by atoms with Gasteiger partial charge < -0.3 is 24.1 Å². The molecule has 0 bridgehead atoms. The van der Waals surface area contributed by atoms with Gasteiger partial charge in [0.1, 0.15) is 12.6 Å². The largest absolute Gasteiger partial charge is 0.454 e. The molecule has 0 saturated heterocycles. The first-order chi connectivity index (χ1) is 15.1. The second-order valence-electron chi connectivity index (χ2n) is 7.43. The van der Waals surface area contributed by atoms with Crippen molar-refractivity contribution in [2.45, 2.75) is 32.9 Å². The summed E-state index contributed by atoms with van der Waals surface area (Å²) in [4.78, 5) is 17.0. The van der Waals surface area contributed by atoms with Crippen LogP contribution in [-0.4, -0.2) is 29.4 Å². The van der Waals surface area contributed by atoms with Crippen molar-refractivity contribution in [2.24, 2.45) is 5.92 Å². The van der Waals surface area contributed by atoms with Crippen LogP contribution in [0.2, 0.25) is 0 Å². The summed E-state index contributed by atoms with van der Waals surface area (Å²) in [5.74, 6) is 1.99. The van der Waals surface area contributed by atoms with E-state index in [0.717, 1.165) is 17.5 Å². The van der Waals surface area contributed by atoms with Gasteiger partial charge in [0.25, 0.3) is 0 Å². The predicted octanol–water partition coefficient (Wildman–Crippen LogP) is 3.89. The van der Waals surface area contributed by atoms with E-state index < -0.39 is 6.04 Å². The molecule has 8 heteroatoms. The van der Waals surface area contributed by atoms with Crippen molar-refractivity contribution < 1.29 is 23.5 Å². The molecular weight excluding hydrogens is 398 g/mol. The third-order valence-corrected chi connectivity index (χ3v) is 5.21. The van der Waals surface area contributed by atoms with E-state index in [2.05, 4.69) is 15.5 Å². The van der Waals surface area contributed by atoms with E-state index in [1.807, 2.05) is 62.4 Å². The number of carbonyl (C=O) groups excluding carboxylic acids is 1. The molecule has 3 aromatic rings. The molecule has 1 aliphatic rings. The number of nitrogens with one attached hydrogen (secondary N) is 1. The summed E-state index contributed by atoms with van der Waals surface area (Å²) < 4.78 is 21.8. The molecule has 2 aromatic carbocycles. The van der Waals surface area contributed by atoms with Crippen LogP contribution in [0.15, 0.2) is 53.1 Å². The molecule has 0 aliphatic carbocycles. The fourth-order valence-corrected chi connectivity index (χ4v) is 3.25. The van der Waals surface area contributed by atoms with E-state index in [-0.39, 0.29) is 25.2 Å². The molecule has 0 radical (unpaired) electrons. The van der Waals surface area contributed by atoms with Gasteiger partial charge in [0.05, 0.1) is 6.61 Å². The van der Waals surface area contributed by atoms with Gasteiger partial charge in [-0.15, -0.1) is 0 Å². The van der Waals surface area contributed by atoms with Crippen LogP contribution in [0.3, 0.4) is 0 Å². The lowest BCUT2D eigenvalue weighted by Gasteiger charge is -2.20. The lowest BCUT2D eigenvalue weighted by atomic mass is 9.99.